The van der Waals surface area contributed by atoms with Crippen LogP contribution in [-0.2, 0) is 0 Å². The van der Waals surface area contributed by atoms with Crippen LogP contribution in [-0.4, -0.2) is 29.4 Å². The van der Waals surface area contributed by atoms with Crippen LogP contribution in [0.25, 0.3) is 0 Å². The minimum absolute atomic E-state index is 0. The van der Waals surface area contributed by atoms with Gasteiger partial charge in [0.2, 0.25) is 0 Å². The third-order valence-electron chi connectivity index (χ3n) is 2.59. The Morgan fingerprint density at radius 1 is 1.50 bits per heavy atom. The number of rotatable bonds is 2. The molecule has 0 aromatic rings. The normalized spacial score (nSPS) is 28.5. The molecule has 3 heteroatoms. The van der Waals surface area contributed by atoms with Crippen molar-refractivity contribution in [3.05, 3.63) is 0 Å². The average molecular weight is 212 g/mol. The van der Waals surface area contributed by atoms with Crippen molar-refractivity contribution in [2.45, 2.75) is 32.7 Å². The average Bonchev–Trinajstić information content (AvgIpc) is 2.07. The van der Waals surface area contributed by atoms with E-state index in [1.807, 2.05) is 0 Å². The second-order valence-electron chi connectivity index (χ2n) is 4.26. The van der Waals surface area contributed by atoms with E-state index in [2.05, 4.69) is 25.7 Å². The van der Waals surface area contributed by atoms with Crippen LogP contribution in [0.15, 0.2) is 0 Å². The zero-order valence-electron chi connectivity index (χ0n) is 8.14. The van der Waals surface area contributed by atoms with Crippen LogP contribution in [0.2, 0.25) is 0 Å². The summed E-state index contributed by atoms with van der Waals surface area (Å²) >= 11 is 5.71. The van der Waals surface area contributed by atoms with Gasteiger partial charge in [-0.1, -0.05) is 6.92 Å². The third kappa shape index (κ3) is 2.79. The van der Waals surface area contributed by atoms with E-state index in [4.69, 9.17) is 11.6 Å². The zero-order chi connectivity index (χ0) is 8.48. The SMILES string of the molecule is CC1CN(CCCl)C(C)(C)C1.Cl. The maximum absolute atomic E-state index is 5.71. The second-order valence-corrected chi connectivity index (χ2v) is 4.63. The van der Waals surface area contributed by atoms with Gasteiger partial charge in [-0.15, -0.1) is 24.0 Å². The van der Waals surface area contributed by atoms with Gasteiger partial charge in [0, 0.05) is 24.5 Å². The largest absolute Gasteiger partial charge is 0.297 e. The first-order chi connectivity index (χ1) is 5.06. The first-order valence-electron chi connectivity index (χ1n) is 4.37. The summed E-state index contributed by atoms with van der Waals surface area (Å²) in [6.07, 6.45) is 1.31. The number of hydrogen-bond acceptors (Lipinski definition) is 1. The van der Waals surface area contributed by atoms with E-state index in [0.717, 1.165) is 18.3 Å². The van der Waals surface area contributed by atoms with Crippen LogP contribution in [0.4, 0.5) is 0 Å². The highest BCUT2D eigenvalue weighted by Crippen LogP contribution is 2.31. The molecule has 0 bridgehead atoms. The lowest BCUT2D eigenvalue weighted by molar-refractivity contribution is 0.186. The molecule has 1 rings (SSSR count). The molecular formula is C9H19Cl2N. The molecule has 1 heterocycles. The maximum Gasteiger partial charge on any atom is 0.0351 e. The summed E-state index contributed by atoms with van der Waals surface area (Å²) < 4.78 is 0. The fourth-order valence-electron chi connectivity index (χ4n) is 2.17. The summed E-state index contributed by atoms with van der Waals surface area (Å²) in [6, 6.07) is 0. The van der Waals surface area contributed by atoms with Gasteiger partial charge in [0.15, 0.2) is 0 Å². The predicted octanol–water partition coefficient (Wildman–Crippen LogP) is 2.77. The topological polar surface area (TPSA) is 3.24 Å². The zero-order valence-corrected chi connectivity index (χ0v) is 9.71. The van der Waals surface area contributed by atoms with Crippen molar-refractivity contribution < 1.29 is 0 Å². The van der Waals surface area contributed by atoms with Gasteiger partial charge in [-0.25, -0.2) is 0 Å². The maximum atomic E-state index is 5.71. The molecule has 1 nitrogen and oxygen atoms in total. The van der Waals surface area contributed by atoms with Crippen LogP contribution < -0.4 is 0 Å². The molecule has 0 aromatic carbocycles. The van der Waals surface area contributed by atoms with Gasteiger partial charge in [-0.3, -0.25) is 4.90 Å². The van der Waals surface area contributed by atoms with E-state index in [1.54, 1.807) is 0 Å². The van der Waals surface area contributed by atoms with E-state index in [0.29, 0.717) is 5.54 Å². The van der Waals surface area contributed by atoms with Crippen molar-refractivity contribution in [3.63, 3.8) is 0 Å². The van der Waals surface area contributed by atoms with Crippen molar-refractivity contribution in [2.24, 2.45) is 5.92 Å². The quantitative estimate of drug-likeness (QED) is 0.636. The van der Waals surface area contributed by atoms with Crippen molar-refractivity contribution >= 4 is 24.0 Å². The fourth-order valence-corrected chi connectivity index (χ4v) is 2.37. The molecule has 1 saturated heterocycles. The summed E-state index contributed by atoms with van der Waals surface area (Å²) in [5.74, 6) is 1.60. The Balaban J connectivity index is 0.00000121. The van der Waals surface area contributed by atoms with Gasteiger partial charge in [0.05, 0.1) is 0 Å². The smallest absolute Gasteiger partial charge is 0.0351 e. The van der Waals surface area contributed by atoms with Gasteiger partial charge >= 0.3 is 0 Å². The number of halogens is 2. The summed E-state index contributed by atoms with van der Waals surface area (Å²) in [5, 5.41) is 0. The molecule has 0 N–H and O–H groups in total. The molecule has 0 aromatic heterocycles. The first-order valence-corrected chi connectivity index (χ1v) is 4.91. The van der Waals surface area contributed by atoms with E-state index in [-0.39, 0.29) is 12.4 Å². The van der Waals surface area contributed by atoms with E-state index in [9.17, 15) is 0 Å². The van der Waals surface area contributed by atoms with Gasteiger partial charge in [0.1, 0.15) is 0 Å². The molecule has 1 fully saturated rings. The van der Waals surface area contributed by atoms with Crippen molar-refractivity contribution in [1.29, 1.82) is 0 Å². The molecule has 12 heavy (non-hydrogen) atoms. The van der Waals surface area contributed by atoms with Gasteiger partial charge in [-0.2, -0.15) is 0 Å². The summed E-state index contributed by atoms with van der Waals surface area (Å²) in [6.45, 7) is 9.20. The Labute approximate surface area is 86.9 Å². The van der Waals surface area contributed by atoms with E-state index in [1.165, 1.54) is 13.0 Å². The predicted molar refractivity (Wildman–Crippen MR) is 57.4 cm³/mol. The lowest BCUT2D eigenvalue weighted by atomic mass is 9.98. The summed E-state index contributed by atoms with van der Waals surface area (Å²) in [7, 11) is 0. The molecule has 0 radical (unpaired) electrons. The molecule has 0 saturated carbocycles. The van der Waals surface area contributed by atoms with Crippen LogP contribution >= 0.6 is 24.0 Å². The standard InChI is InChI=1S/C9H18ClN.ClH/c1-8-6-9(2,3)11(7-8)5-4-10;/h8H,4-7H2,1-3H3;1H. The third-order valence-corrected chi connectivity index (χ3v) is 2.76. The van der Waals surface area contributed by atoms with Gasteiger partial charge in [-0.05, 0) is 26.2 Å². The molecule has 74 valence electrons. The van der Waals surface area contributed by atoms with Gasteiger partial charge < -0.3 is 0 Å². The lowest BCUT2D eigenvalue weighted by Gasteiger charge is -2.30. The minimum Gasteiger partial charge on any atom is -0.297 e. The van der Waals surface area contributed by atoms with E-state index >= 15 is 0 Å². The Kier molecular flexibility index (Phi) is 4.90. The summed E-state index contributed by atoms with van der Waals surface area (Å²) in [5.41, 5.74) is 0.383. The molecular weight excluding hydrogens is 193 g/mol. The van der Waals surface area contributed by atoms with Crippen LogP contribution in [0, 0.1) is 5.92 Å². The van der Waals surface area contributed by atoms with Gasteiger partial charge in [0.25, 0.3) is 0 Å². The Hall–Kier alpha value is 0.540. The second kappa shape index (κ2) is 4.69. The highest BCUT2D eigenvalue weighted by Gasteiger charge is 2.35. The monoisotopic (exact) mass is 211 g/mol. The van der Waals surface area contributed by atoms with Crippen molar-refractivity contribution in [3.8, 4) is 0 Å². The number of hydrogen-bond donors (Lipinski definition) is 0. The molecule has 1 atom stereocenters. The Morgan fingerprint density at radius 2 is 2.08 bits per heavy atom. The molecule has 1 aliphatic heterocycles. The summed E-state index contributed by atoms with van der Waals surface area (Å²) in [4.78, 5) is 2.49. The molecule has 1 unspecified atom stereocenters. The van der Waals surface area contributed by atoms with Crippen molar-refractivity contribution in [1.82, 2.24) is 4.90 Å². The number of likely N-dealkylation sites (tertiary alicyclic amines) is 1. The van der Waals surface area contributed by atoms with Crippen LogP contribution in [0.3, 0.4) is 0 Å². The van der Waals surface area contributed by atoms with Crippen LogP contribution in [0.5, 0.6) is 0 Å². The molecule has 0 amide bonds. The highest BCUT2D eigenvalue weighted by molar-refractivity contribution is 6.18. The lowest BCUT2D eigenvalue weighted by Crippen LogP contribution is -2.39. The number of alkyl halides is 1. The highest BCUT2D eigenvalue weighted by atomic mass is 35.5. The van der Waals surface area contributed by atoms with E-state index < -0.39 is 0 Å². The molecule has 0 aliphatic carbocycles. The first kappa shape index (κ1) is 12.5. The molecule has 1 aliphatic rings. The molecule has 0 spiro atoms. The Bertz CT molecular complexity index is 136. The van der Waals surface area contributed by atoms with Crippen LogP contribution in [0.1, 0.15) is 27.2 Å². The number of nitrogens with zero attached hydrogens (tertiary/aromatic N) is 1. The minimum atomic E-state index is 0. The van der Waals surface area contributed by atoms with Crippen molar-refractivity contribution in [2.75, 3.05) is 19.0 Å². The fraction of sp³-hybridized carbons (Fsp3) is 1.00. The Morgan fingerprint density at radius 3 is 2.42 bits per heavy atom.